The van der Waals surface area contributed by atoms with E-state index in [9.17, 15) is 13.2 Å². The molecule has 2 atom stereocenters. The van der Waals surface area contributed by atoms with Crippen LogP contribution in [0.1, 0.15) is 42.9 Å². The van der Waals surface area contributed by atoms with E-state index < -0.39 is 17.8 Å². The summed E-state index contributed by atoms with van der Waals surface area (Å²) >= 11 is 0. The maximum absolute atomic E-state index is 13.3. The number of methoxy groups -OCH3 is 2. The molecule has 1 fully saturated rings. The first-order valence-corrected chi connectivity index (χ1v) is 12.3. The van der Waals surface area contributed by atoms with Gasteiger partial charge in [-0.3, -0.25) is 4.90 Å². The Labute approximate surface area is 219 Å². The topological polar surface area (TPSA) is 108 Å². The standard InChI is InChI=1S/C26H33F3N6O3/c1-15(19-9-17(26(27,28)29)10-23(30)34-19)31-24-18-11-22(21(37-5)12-20(18)32-16(2)33-24)38-14-25(13-36-4)7-6-8-35(25)3/h9-12,15H,6-8,13-14H2,1-5H3,(H2,30,34)(H,31,32,33)/t15-,25-/m1/s1. The average molecular weight is 535 g/mol. The second kappa shape index (κ2) is 10.8. The van der Waals surface area contributed by atoms with E-state index in [2.05, 4.69) is 32.2 Å². The lowest BCUT2D eigenvalue weighted by Crippen LogP contribution is -2.50. The zero-order valence-corrected chi connectivity index (χ0v) is 22.1. The third kappa shape index (κ3) is 5.70. The molecule has 9 nitrogen and oxygen atoms in total. The summed E-state index contributed by atoms with van der Waals surface area (Å²) in [7, 11) is 5.29. The highest BCUT2D eigenvalue weighted by Gasteiger charge is 2.40. The number of alkyl halides is 3. The molecule has 1 aliphatic rings. The molecule has 0 bridgehead atoms. The van der Waals surface area contributed by atoms with Crippen molar-refractivity contribution in [1.29, 1.82) is 0 Å². The fourth-order valence-corrected chi connectivity index (χ4v) is 4.83. The summed E-state index contributed by atoms with van der Waals surface area (Å²) < 4.78 is 57.4. The third-order valence-electron chi connectivity index (χ3n) is 6.94. The number of anilines is 2. The zero-order valence-electron chi connectivity index (χ0n) is 22.1. The third-order valence-corrected chi connectivity index (χ3v) is 6.94. The minimum Gasteiger partial charge on any atom is -0.493 e. The van der Waals surface area contributed by atoms with Gasteiger partial charge in [-0.1, -0.05) is 0 Å². The Kier molecular flexibility index (Phi) is 7.84. The zero-order chi connectivity index (χ0) is 27.7. The molecule has 0 spiro atoms. The maximum Gasteiger partial charge on any atom is 0.416 e. The average Bonchev–Trinajstić information content (AvgIpc) is 3.21. The number of hydrogen-bond donors (Lipinski definition) is 2. The van der Waals surface area contributed by atoms with Gasteiger partial charge in [-0.05, 0) is 58.5 Å². The molecule has 4 rings (SSSR count). The van der Waals surface area contributed by atoms with E-state index in [0.717, 1.165) is 31.5 Å². The van der Waals surface area contributed by atoms with Crippen LogP contribution in [0.2, 0.25) is 0 Å². The summed E-state index contributed by atoms with van der Waals surface area (Å²) in [5, 5.41) is 3.81. The highest BCUT2D eigenvalue weighted by Crippen LogP contribution is 2.38. The van der Waals surface area contributed by atoms with Crippen LogP contribution in [-0.4, -0.2) is 66.4 Å². The van der Waals surface area contributed by atoms with E-state index in [0.29, 0.717) is 47.3 Å². The lowest BCUT2D eigenvalue weighted by Gasteiger charge is -2.35. The molecular weight excluding hydrogens is 501 g/mol. The van der Waals surface area contributed by atoms with Crippen molar-refractivity contribution in [2.45, 2.75) is 44.4 Å². The van der Waals surface area contributed by atoms with E-state index in [-0.39, 0.29) is 17.1 Å². The molecule has 206 valence electrons. The van der Waals surface area contributed by atoms with Crippen molar-refractivity contribution >= 4 is 22.5 Å². The summed E-state index contributed by atoms with van der Waals surface area (Å²) in [6.07, 6.45) is -2.56. The van der Waals surface area contributed by atoms with E-state index >= 15 is 0 Å². The van der Waals surface area contributed by atoms with E-state index in [1.165, 1.54) is 0 Å². The van der Waals surface area contributed by atoms with Gasteiger partial charge in [0.05, 0.1) is 42.1 Å². The Morgan fingerprint density at radius 2 is 1.87 bits per heavy atom. The highest BCUT2D eigenvalue weighted by molar-refractivity contribution is 5.92. The summed E-state index contributed by atoms with van der Waals surface area (Å²) in [4.78, 5) is 15.4. The van der Waals surface area contributed by atoms with Crippen LogP contribution in [0.15, 0.2) is 24.3 Å². The van der Waals surface area contributed by atoms with Gasteiger partial charge >= 0.3 is 6.18 Å². The smallest absolute Gasteiger partial charge is 0.416 e. The Bertz CT molecular complexity index is 1310. The molecule has 2 aromatic heterocycles. The van der Waals surface area contributed by atoms with Crippen LogP contribution in [0, 0.1) is 6.92 Å². The molecule has 3 heterocycles. The number of ether oxygens (including phenoxy) is 3. The number of fused-ring (bicyclic) bond motifs is 1. The number of nitrogens with one attached hydrogen (secondary N) is 1. The van der Waals surface area contributed by atoms with Crippen LogP contribution in [0.4, 0.5) is 24.8 Å². The first-order chi connectivity index (χ1) is 18.0. The molecule has 3 aromatic rings. The summed E-state index contributed by atoms with van der Waals surface area (Å²) in [5.74, 6) is 1.70. The van der Waals surface area contributed by atoms with Crippen LogP contribution in [0.5, 0.6) is 11.5 Å². The fourth-order valence-electron chi connectivity index (χ4n) is 4.83. The molecule has 0 saturated carbocycles. The van der Waals surface area contributed by atoms with Gasteiger partial charge in [0.1, 0.15) is 24.1 Å². The van der Waals surface area contributed by atoms with Crippen molar-refractivity contribution in [3.63, 3.8) is 0 Å². The Morgan fingerprint density at radius 1 is 1.11 bits per heavy atom. The summed E-state index contributed by atoms with van der Waals surface area (Å²) in [6, 6.07) is 4.70. The minimum absolute atomic E-state index is 0.137. The summed E-state index contributed by atoms with van der Waals surface area (Å²) in [6.45, 7) is 5.29. The van der Waals surface area contributed by atoms with Crippen molar-refractivity contribution in [3.8, 4) is 11.5 Å². The van der Waals surface area contributed by atoms with Crippen molar-refractivity contribution < 1.29 is 27.4 Å². The number of pyridine rings is 1. The lowest BCUT2D eigenvalue weighted by atomic mass is 9.99. The monoisotopic (exact) mass is 534 g/mol. The van der Waals surface area contributed by atoms with E-state index in [1.807, 2.05) is 0 Å². The Hall–Kier alpha value is -3.38. The molecule has 12 heteroatoms. The highest BCUT2D eigenvalue weighted by atomic mass is 19.4. The van der Waals surface area contributed by atoms with Gasteiger partial charge in [-0.2, -0.15) is 13.2 Å². The van der Waals surface area contributed by atoms with Gasteiger partial charge < -0.3 is 25.3 Å². The van der Waals surface area contributed by atoms with E-state index in [4.69, 9.17) is 19.9 Å². The number of benzene rings is 1. The number of halogens is 3. The predicted molar refractivity (Wildman–Crippen MR) is 138 cm³/mol. The normalized spacial score (nSPS) is 19.1. The molecule has 0 aliphatic carbocycles. The van der Waals surface area contributed by atoms with Crippen molar-refractivity contribution in [2.24, 2.45) is 0 Å². The van der Waals surface area contributed by atoms with E-state index in [1.54, 1.807) is 40.2 Å². The molecule has 1 aliphatic heterocycles. The molecule has 0 amide bonds. The number of hydrogen-bond acceptors (Lipinski definition) is 9. The number of rotatable bonds is 9. The Morgan fingerprint density at radius 3 is 2.50 bits per heavy atom. The van der Waals surface area contributed by atoms with Gasteiger partial charge in [0.2, 0.25) is 0 Å². The number of nitrogens with zero attached hydrogens (tertiary/aromatic N) is 4. The SMILES string of the molecule is COC[C@@]1(COc2cc3c(N[C@H](C)c4cc(C(F)(F)F)cc(N)n4)nc(C)nc3cc2OC)CCCN1C. The lowest BCUT2D eigenvalue weighted by molar-refractivity contribution is -0.137. The molecule has 0 unspecified atom stereocenters. The number of nitrogens with two attached hydrogens (primary N) is 1. The number of aryl methyl sites for hydroxylation is 1. The van der Waals surface area contributed by atoms with Gasteiger partial charge in [-0.15, -0.1) is 0 Å². The second-order valence-electron chi connectivity index (χ2n) is 9.68. The molecule has 38 heavy (non-hydrogen) atoms. The van der Waals surface area contributed by atoms with Crippen LogP contribution in [0.25, 0.3) is 10.9 Å². The number of nitrogen functional groups attached to an aromatic ring is 1. The van der Waals surface area contributed by atoms with Crippen LogP contribution in [-0.2, 0) is 10.9 Å². The van der Waals surface area contributed by atoms with Crippen molar-refractivity contribution in [3.05, 3.63) is 41.3 Å². The van der Waals surface area contributed by atoms with Crippen LogP contribution < -0.4 is 20.5 Å². The predicted octanol–water partition coefficient (Wildman–Crippen LogP) is 4.61. The van der Waals surface area contributed by atoms with Crippen molar-refractivity contribution in [1.82, 2.24) is 19.9 Å². The fraction of sp³-hybridized carbons (Fsp3) is 0.500. The summed E-state index contributed by atoms with van der Waals surface area (Å²) in [5.41, 5.74) is 5.28. The molecule has 1 saturated heterocycles. The van der Waals surface area contributed by atoms with Crippen LogP contribution in [0.3, 0.4) is 0 Å². The first-order valence-electron chi connectivity index (χ1n) is 12.3. The Balaban J connectivity index is 1.68. The molecule has 3 N–H and O–H groups in total. The minimum atomic E-state index is -4.54. The van der Waals surface area contributed by atoms with Gasteiger partial charge in [-0.25, -0.2) is 15.0 Å². The van der Waals surface area contributed by atoms with Gasteiger partial charge in [0, 0.05) is 18.6 Å². The number of aromatic nitrogens is 3. The molecular formula is C26H33F3N6O3. The second-order valence-corrected chi connectivity index (χ2v) is 9.68. The molecule has 1 aromatic carbocycles. The largest absolute Gasteiger partial charge is 0.493 e. The molecule has 0 radical (unpaired) electrons. The maximum atomic E-state index is 13.3. The van der Waals surface area contributed by atoms with Gasteiger partial charge in [0.25, 0.3) is 0 Å². The van der Waals surface area contributed by atoms with Crippen molar-refractivity contribution in [2.75, 3.05) is 52.1 Å². The van der Waals surface area contributed by atoms with Crippen LogP contribution >= 0.6 is 0 Å². The number of likely N-dealkylation sites (N-methyl/N-ethyl adjacent to an activating group) is 1. The first kappa shape index (κ1) is 27.6. The van der Waals surface area contributed by atoms with Gasteiger partial charge in [0.15, 0.2) is 11.5 Å². The quantitative estimate of drug-likeness (QED) is 0.407. The number of likely N-dealkylation sites (tertiary alicyclic amines) is 1.